The normalized spacial score (nSPS) is 10.6. The topological polar surface area (TPSA) is 52.5 Å². The van der Waals surface area contributed by atoms with E-state index in [1.165, 1.54) is 19.2 Å². The van der Waals surface area contributed by atoms with Crippen LogP contribution >= 0.6 is 0 Å². The van der Waals surface area contributed by atoms with Gasteiger partial charge in [0.25, 0.3) is 0 Å². The molecule has 0 spiro atoms. The molecule has 0 aliphatic heterocycles. The van der Waals surface area contributed by atoms with Crippen molar-refractivity contribution in [1.29, 1.82) is 0 Å². The fourth-order valence-electron chi connectivity index (χ4n) is 0.753. The Hall–Kier alpha value is -1.73. The standard InChI is InChI=1S/C9H8O3/c1-12-9(11)6-7-3-2-4-8(10)5-7/h2-5H,1H3,(H-,10,11). The molecule has 0 saturated carbocycles. The van der Waals surface area contributed by atoms with E-state index >= 15 is 0 Å². The van der Waals surface area contributed by atoms with Gasteiger partial charge in [-0.15, -0.1) is 0 Å². The maximum absolute atomic E-state index is 10.7. The highest BCUT2D eigenvalue weighted by molar-refractivity contribution is 5.31. The fraction of sp³-hybridized carbons (Fsp3) is 0.111. The lowest BCUT2D eigenvalue weighted by molar-refractivity contribution is -0.354. The zero-order valence-corrected chi connectivity index (χ0v) is 6.57. The van der Waals surface area contributed by atoms with Crippen LogP contribution in [0, 0.1) is 6.08 Å². The van der Waals surface area contributed by atoms with Crippen LogP contribution in [-0.4, -0.2) is 12.2 Å². The molecule has 0 atom stereocenters. The predicted octanol–water partition coefficient (Wildman–Crippen LogP) is 0.392. The van der Waals surface area contributed by atoms with Gasteiger partial charge in [-0.1, -0.05) is 0 Å². The van der Waals surface area contributed by atoms with E-state index in [0.717, 1.165) is 0 Å². The summed E-state index contributed by atoms with van der Waals surface area (Å²) in [6.07, 6.45) is 2.41. The average molecular weight is 164 g/mol. The second kappa shape index (κ2) is 3.60. The third kappa shape index (κ3) is 2.15. The first-order chi connectivity index (χ1) is 5.72. The third-order valence-corrected chi connectivity index (χ3v) is 1.28. The van der Waals surface area contributed by atoms with Crippen LogP contribution in [-0.2, 0) is 4.74 Å². The van der Waals surface area contributed by atoms with Crippen LogP contribution in [0.4, 0.5) is 0 Å². The van der Waals surface area contributed by atoms with Crippen molar-refractivity contribution < 1.29 is 14.9 Å². The second-order valence-corrected chi connectivity index (χ2v) is 2.17. The quantitative estimate of drug-likeness (QED) is 0.508. The number of aromatic hydroxyl groups is 1. The minimum Gasteiger partial charge on any atom is -0.601 e. The third-order valence-electron chi connectivity index (χ3n) is 1.28. The van der Waals surface area contributed by atoms with E-state index in [0.29, 0.717) is 5.56 Å². The van der Waals surface area contributed by atoms with Crippen molar-refractivity contribution in [3.05, 3.63) is 41.9 Å². The molecular formula is C9H8O3. The number of ether oxygens (including phenoxy) is 1. The zero-order valence-electron chi connectivity index (χ0n) is 6.57. The number of hydrogen-bond acceptors (Lipinski definition) is 3. The van der Waals surface area contributed by atoms with Gasteiger partial charge in [-0.25, -0.2) is 0 Å². The number of methoxy groups -OCH3 is 1. The van der Waals surface area contributed by atoms with Crippen LogP contribution in [0.1, 0.15) is 5.56 Å². The van der Waals surface area contributed by atoms with E-state index in [-0.39, 0.29) is 5.75 Å². The molecule has 0 radical (unpaired) electrons. The summed E-state index contributed by atoms with van der Waals surface area (Å²) >= 11 is 0. The van der Waals surface area contributed by atoms with Crippen LogP contribution in [0.25, 0.3) is 0 Å². The minimum atomic E-state index is -0.555. The number of phenols is 1. The summed E-state index contributed by atoms with van der Waals surface area (Å²) in [7, 11) is 1.28. The van der Waals surface area contributed by atoms with Crippen LogP contribution < -0.4 is 5.11 Å². The Kier molecular flexibility index (Phi) is 2.51. The first-order valence-electron chi connectivity index (χ1n) is 3.36. The summed E-state index contributed by atoms with van der Waals surface area (Å²) in [5, 5.41) is 19.7. The fourth-order valence-corrected chi connectivity index (χ4v) is 0.753. The van der Waals surface area contributed by atoms with Gasteiger partial charge in [-0.05, 0) is 7.11 Å². The van der Waals surface area contributed by atoms with E-state index in [1.807, 2.05) is 0 Å². The van der Waals surface area contributed by atoms with E-state index in [4.69, 9.17) is 5.11 Å². The molecule has 0 amide bonds. The number of hydrogen-bond donors (Lipinski definition) is 1. The molecule has 3 heteroatoms. The monoisotopic (exact) mass is 164 g/mol. The minimum absolute atomic E-state index is 0.101. The zero-order chi connectivity index (χ0) is 8.97. The van der Waals surface area contributed by atoms with Crippen molar-refractivity contribution >= 4 is 0 Å². The van der Waals surface area contributed by atoms with Crippen molar-refractivity contribution in [2.45, 2.75) is 0 Å². The van der Waals surface area contributed by atoms with Crippen LogP contribution in [0.2, 0.25) is 0 Å². The van der Waals surface area contributed by atoms with Crippen LogP contribution in [0.3, 0.4) is 0 Å². The lowest BCUT2D eigenvalue weighted by Gasteiger charge is -2.00. The van der Waals surface area contributed by atoms with Crippen LogP contribution in [0.5, 0.6) is 5.75 Å². The molecule has 1 aromatic carbocycles. The first-order valence-corrected chi connectivity index (χ1v) is 3.36. The highest BCUT2D eigenvalue weighted by Crippen LogP contribution is 2.11. The van der Waals surface area contributed by atoms with Gasteiger partial charge in [0.1, 0.15) is 0 Å². The van der Waals surface area contributed by atoms with Gasteiger partial charge < -0.3 is 14.9 Å². The molecule has 0 bridgehead atoms. The molecular weight excluding hydrogens is 156 g/mol. The highest BCUT2D eigenvalue weighted by atomic mass is 16.6. The second-order valence-electron chi connectivity index (χ2n) is 2.17. The summed E-state index contributed by atoms with van der Waals surface area (Å²) < 4.78 is 4.36. The molecule has 0 aliphatic rings. The van der Waals surface area contributed by atoms with E-state index in [2.05, 4.69) is 10.8 Å². The summed E-state index contributed by atoms with van der Waals surface area (Å²) in [5.41, 5.74) is 0.502. The molecule has 1 rings (SSSR count). The van der Waals surface area contributed by atoms with E-state index in [9.17, 15) is 5.11 Å². The molecule has 12 heavy (non-hydrogen) atoms. The largest absolute Gasteiger partial charge is 0.601 e. The first kappa shape index (κ1) is 8.37. The Morgan fingerprint density at radius 3 is 2.92 bits per heavy atom. The Labute approximate surface area is 70.5 Å². The van der Waals surface area contributed by atoms with Gasteiger partial charge in [-0.3, -0.25) is 0 Å². The summed E-state index contributed by atoms with van der Waals surface area (Å²) in [6.45, 7) is 0. The lowest BCUT2D eigenvalue weighted by atomic mass is 10.2. The Bertz CT molecular complexity index is 292. The maximum Gasteiger partial charge on any atom is 0.194 e. The molecule has 0 unspecified atom stereocenters. The van der Waals surface area contributed by atoms with E-state index in [1.54, 1.807) is 12.1 Å². The molecule has 1 aromatic rings. The van der Waals surface area contributed by atoms with Crippen molar-refractivity contribution in [1.82, 2.24) is 0 Å². The predicted molar refractivity (Wildman–Crippen MR) is 41.0 cm³/mol. The smallest absolute Gasteiger partial charge is 0.194 e. The molecule has 0 aliphatic carbocycles. The number of phenolic OH excluding ortho intramolecular Hbond substituents is 1. The maximum atomic E-state index is 10.7. The Morgan fingerprint density at radius 1 is 1.58 bits per heavy atom. The van der Waals surface area contributed by atoms with Crippen LogP contribution in [0.15, 0.2) is 30.2 Å². The number of rotatable bonds is 2. The van der Waals surface area contributed by atoms with Gasteiger partial charge in [0, 0.05) is 12.1 Å². The van der Waals surface area contributed by atoms with Gasteiger partial charge >= 0.3 is 0 Å². The van der Waals surface area contributed by atoms with Gasteiger partial charge in [-0.2, -0.15) is 0 Å². The summed E-state index contributed by atoms with van der Waals surface area (Å²) in [4.78, 5) is 0. The highest BCUT2D eigenvalue weighted by Gasteiger charge is 2.00. The van der Waals surface area contributed by atoms with Crippen molar-refractivity contribution in [2.75, 3.05) is 7.11 Å². The average Bonchev–Trinajstić information content (AvgIpc) is 2.04. The molecule has 0 fully saturated rings. The molecule has 0 aromatic heterocycles. The van der Waals surface area contributed by atoms with Gasteiger partial charge in [0.05, 0.1) is 18.2 Å². The molecule has 0 saturated heterocycles. The Balaban J connectivity index is 2.89. The summed E-state index contributed by atoms with van der Waals surface area (Å²) in [5.74, 6) is -0.454. The van der Waals surface area contributed by atoms with Gasteiger partial charge in [0.2, 0.25) is 0 Å². The molecule has 1 N–H and O–H groups in total. The van der Waals surface area contributed by atoms with Gasteiger partial charge in [0.15, 0.2) is 17.3 Å². The molecule has 0 heterocycles. The lowest BCUT2D eigenvalue weighted by Crippen LogP contribution is -2.05. The Morgan fingerprint density at radius 2 is 2.33 bits per heavy atom. The van der Waals surface area contributed by atoms with Crippen molar-refractivity contribution in [2.24, 2.45) is 0 Å². The molecule has 3 nitrogen and oxygen atoms in total. The summed E-state index contributed by atoms with van der Waals surface area (Å²) in [6, 6.07) is 6.22. The van der Waals surface area contributed by atoms with Crippen molar-refractivity contribution in [3.8, 4) is 5.75 Å². The SMILES string of the molecule is COC([O-])=[C+]c1cccc(O)c1. The van der Waals surface area contributed by atoms with E-state index < -0.39 is 5.95 Å². The number of benzene rings is 1. The molecule has 62 valence electrons. The van der Waals surface area contributed by atoms with Crippen molar-refractivity contribution in [3.63, 3.8) is 0 Å².